The minimum Gasteiger partial charge on any atom is -0.374 e. The molecule has 1 N–H and O–H groups in total. The third kappa shape index (κ3) is 3.59. The molecule has 32 heavy (non-hydrogen) atoms. The Morgan fingerprint density at radius 3 is 1.97 bits per heavy atom. The summed E-state index contributed by atoms with van der Waals surface area (Å²) in [7, 11) is 0. The fraction of sp³-hybridized carbons (Fsp3) is 0.0345. The first-order valence-corrected chi connectivity index (χ1v) is 10.6. The van der Waals surface area contributed by atoms with Crippen LogP contribution in [0.1, 0.15) is 22.5 Å². The lowest BCUT2D eigenvalue weighted by Crippen LogP contribution is -2.30. The first-order valence-electron chi connectivity index (χ1n) is 10.6. The Hall–Kier alpha value is -4.08. The SMILES string of the molecule is OC(C1=CC(=C(c2ccccc2)c2ccccn2)C=C1)(c1ccccc1)c1ccccn1. The average Bonchev–Trinajstić information content (AvgIpc) is 3.36. The first kappa shape index (κ1) is 19.9. The molecule has 4 aromatic rings. The number of aliphatic hydroxyl groups is 1. The molecule has 0 saturated heterocycles. The van der Waals surface area contributed by atoms with Gasteiger partial charge in [0.2, 0.25) is 0 Å². The van der Waals surface area contributed by atoms with Crippen molar-refractivity contribution in [1.29, 1.82) is 0 Å². The zero-order valence-corrected chi connectivity index (χ0v) is 17.5. The van der Waals surface area contributed by atoms with Gasteiger partial charge in [-0.3, -0.25) is 9.97 Å². The van der Waals surface area contributed by atoms with Crippen LogP contribution in [0.25, 0.3) is 5.57 Å². The Morgan fingerprint density at radius 1 is 0.656 bits per heavy atom. The van der Waals surface area contributed by atoms with Crippen LogP contribution in [0.15, 0.2) is 139 Å². The molecule has 0 bridgehead atoms. The monoisotopic (exact) mass is 414 g/mol. The van der Waals surface area contributed by atoms with Gasteiger partial charge in [-0.05, 0) is 52.6 Å². The summed E-state index contributed by atoms with van der Waals surface area (Å²) >= 11 is 0. The van der Waals surface area contributed by atoms with E-state index in [1.54, 1.807) is 12.4 Å². The largest absolute Gasteiger partial charge is 0.374 e. The van der Waals surface area contributed by atoms with Gasteiger partial charge in [0, 0.05) is 18.0 Å². The number of allylic oxidation sites excluding steroid dienone is 3. The second-order valence-electron chi connectivity index (χ2n) is 7.64. The number of rotatable bonds is 5. The van der Waals surface area contributed by atoms with Crippen LogP contribution >= 0.6 is 0 Å². The van der Waals surface area contributed by atoms with Crippen molar-refractivity contribution < 1.29 is 5.11 Å². The molecule has 2 aromatic heterocycles. The van der Waals surface area contributed by atoms with Crippen LogP contribution in [0.2, 0.25) is 0 Å². The summed E-state index contributed by atoms with van der Waals surface area (Å²) in [6.07, 6.45) is 9.57. The van der Waals surface area contributed by atoms with E-state index in [-0.39, 0.29) is 0 Å². The van der Waals surface area contributed by atoms with E-state index in [0.717, 1.165) is 33.5 Å². The molecule has 0 spiro atoms. The Bertz CT molecular complexity index is 1210. The maximum atomic E-state index is 12.1. The molecule has 1 atom stereocenters. The first-order chi connectivity index (χ1) is 15.8. The van der Waals surface area contributed by atoms with E-state index in [1.165, 1.54) is 0 Å². The van der Waals surface area contributed by atoms with Gasteiger partial charge < -0.3 is 5.11 Å². The molecule has 2 aromatic carbocycles. The quantitative estimate of drug-likeness (QED) is 0.455. The van der Waals surface area contributed by atoms with Crippen molar-refractivity contribution in [2.45, 2.75) is 5.60 Å². The maximum absolute atomic E-state index is 12.1. The molecule has 5 rings (SSSR count). The van der Waals surface area contributed by atoms with E-state index in [9.17, 15) is 5.11 Å². The Labute approximate surface area is 187 Å². The topological polar surface area (TPSA) is 46.0 Å². The van der Waals surface area contributed by atoms with Crippen molar-refractivity contribution in [2.24, 2.45) is 0 Å². The summed E-state index contributed by atoms with van der Waals surface area (Å²) in [6.45, 7) is 0. The zero-order valence-electron chi connectivity index (χ0n) is 17.5. The van der Waals surface area contributed by atoms with Crippen LogP contribution in [0.4, 0.5) is 0 Å². The number of hydrogen-bond acceptors (Lipinski definition) is 3. The second-order valence-corrected chi connectivity index (χ2v) is 7.64. The summed E-state index contributed by atoms with van der Waals surface area (Å²) in [6, 6.07) is 31.4. The van der Waals surface area contributed by atoms with Gasteiger partial charge in [-0.15, -0.1) is 0 Å². The molecule has 1 aliphatic carbocycles. The number of nitrogens with zero attached hydrogens (tertiary/aromatic N) is 2. The van der Waals surface area contributed by atoms with E-state index in [1.807, 2.05) is 103 Å². The van der Waals surface area contributed by atoms with Gasteiger partial charge in [-0.25, -0.2) is 0 Å². The summed E-state index contributed by atoms with van der Waals surface area (Å²) < 4.78 is 0. The molecule has 0 amide bonds. The number of benzene rings is 2. The van der Waals surface area contributed by atoms with Gasteiger partial charge in [0.25, 0.3) is 0 Å². The minimum atomic E-state index is -1.37. The summed E-state index contributed by atoms with van der Waals surface area (Å²) in [5.74, 6) is 0. The number of aromatic nitrogens is 2. The highest BCUT2D eigenvalue weighted by atomic mass is 16.3. The van der Waals surface area contributed by atoms with Crippen LogP contribution in [-0.2, 0) is 5.60 Å². The molecular weight excluding hydrogens is 392 g/mol. The van der Waals surface area contributed by atoms with Gasteiger partial charge in [0.05, 0.1) is 11.4 Å². The van der Waals surface area contributed by atoms with Gasteiger partial charge in [-0.2, -0.15) is 0 Å². The number of pyridine rings is 2. The maximum Gasteiger partial charge on any atom is 0.157 e. The standard InChI is InChI=1S/C29H22N2O/c32-29(24-13-5-2-6-14-24,27-16-8-10-20-31-27)25-18-17-23(21-25)28(22-11-3-1-4-12-22)26-15-7-9-19-30-26/h1-21,32H. The minimum absolute atomic E-state index is 0.586. The fourth-order valence-electron chi connectivity index (χ4n) is 4.12. The van der Waals surface area contributed by atoms with Gasteiger partial charge in [0.15, 0.2) is 5.60 Å². The highest BCUT2D eigenvalue weighted by Gasteiger charge is 2.37. The van der Waals surface area contributed by atoms with E-state index in [4.69, 9.17) is 0 Å². The van der Waals surface area contributed by atoms with Crippen molar-refractivity contribution >= 4 is 5.57 Å². The molecule has 0 aliphatic heterocycles. The summed E-state index contributed by atoms with van der Waals surface area (Å²) in [4.78, 5) is 9.11. The second kappa shape index (κ2) is 8.58. The van der Waals surface area contributed by atoms with Gasteiger partial charge in [-0.1, -0.05) is 84.9 Å². The van der Waals surface area contributed by atoms with Crippen LogP contribution in [0, 0.1) is 0 Å². The Balaban J connectivity index is 1.71. The normalized spacial score (nSPS) is 16.3. The van der Waals surface area contributed by atoms with Crippen molar-refractivity contribution in [1.82, 2.24) is 9.97 Å². The molecule has 0 radical (unpaired) electrons. The van der Waals surface area contributed by atoms with Crippen LogP contribution in [0.5, 0.6) is 0 Å². The van der Waals surface area contributed by atoms with Crippen LogP contribution in [-0.4, -0.2) is 15.1 Å². The van der Waals surface area contributed by atoms with Gasteiger partial charge >= 0.3 is 0 Å². The molecule has 1 aliphatic rings. The predicted molar refractivity (Wildman–Crippen MR) is 128 cm³/mol. The van der Waals surface area contributed by atoms with E-state index >= 15 is 0 Å². The van der Waals surface area contributed by atoms with Crippen LogP contribution in [0.3, 0.4) is 0 Å². The molecule has 154 valence electrons. The van der Waals surface area contributed by atoms with Crippen LogP contribution < -0.4 is 0 Å². The van der Waals surface area contributed by atoms with Gasteiger partial charge in [0.1, 0.15) is 0 Å². The molecule has 3 nitrogen and oxygen atoms in total. The Kier molecular flexibility index (Phi) is 5.32. The van der Waals surface area contributed by atoms with Crippen molar-refractivity contribution in [3.8, 4) is 0 Å². The lowest BCUT2D eigenvalue weighted by atomic mass is 9.83. The highest BCUT2D eigenvalue weighted by Crippen LogP contribution is 2.41. The van der Waals surface area contributed by atoms with Crippen molar-refractivity contribution in [3.05, 3.63) is 161 Å². The molecule has 0 fully saturated rings. The average molecular weight is 415 g/mol. The number of hydrogen-bond donors (Lipinski definition) is 1. The smallest absolute Gasteiger partial charge is 0.157 e. The molecular formula is C29H22N2O. The third-order valence-electron chi connectivity index (χ3n) is 5.67. The lowest BCUT2D eigenvalue weighted by Gasteiger charge is -2.29. The van der Waals surface area contributed by atoms with E-state index < -0.39 is 5.60 Å². The molecule has 0 saturated carbocycles. The zero-order chi connectivity index (χ0) is 21.8. The molecule has 3 heteroatoms. The lowest BCUT2D eigenvalue weighted by molar-refractivity contribution is 0.120. The van der Waals surface area contributed by atoms with E-state index in [2.05, 4.69) is 22.1 Å². The van der Waals surface area contributed by atoms with E-state index in [0.29, 0.717) is 5.69 Å². The predicted octanol–water partition coefficient (Wildman–Crippen LogP) is 5.71. The highest BCUT2D eigenvalue weighted by molar-refractivity contribution is 5.85. The summed E-state index contributed by atoms with van der Waals surface area (Å²) in [5.41, 5.74) is 4.73. The fourth-order valence-corrected chi connectivity index (χ4v) is 4.12. The molecule has 1 unspecified atom stereocenters. The Morgan fingerprint density at radius 2 is 1.31 bits per heavy atom. The molecule has 2 heterocycles. The summed E-state index contributed by atoms with van der Waals surface area (Å²) in [5, 5.41) is 12.1. The van der Waals surface area contributed by atoms with Crippen molar-refractivity contribution in [2.75, 3.05) is 0 Å². The third-order valence-corrected chi connectivity index (χ3v) is 5.67. The van der Waals surface area contributed by atoms with Crippen molar-refractivity contribution in [3.63, 3.8) is 0 Å².